The second-order valence-electron chi connectivity index (χ2n) is 4.15. The van der Waals surface area contributed by atoms with Crippen LogP contribution in [-0.2, 0) is 4.79 Å². The van der Waals surface area contributed by atoms with Crippen LogP contribution >= 0.6 is 0 Å². The van der Waals surface area contributed by atoms with Gasteiger partial charge in [0.2, 0.25) is 5.91 Å². The van der Waals surface area contributed by atoms with Gasteiger partial charge in [-0.05, 0) is 13.0 Å². The van der Waals surface area contributed by atoms with Crippen molar-refractivity contribution in [1.29, 1.82) is 0 Å². The lowest BCUT2D eigenvalue weighted by Crippen LogP contribution is -2.44. The second-order valence-corrected chi connectivity index (χ2v) is 4.15. The van der Waals surface area contributed by atoms with Gasteiger partial charge < -0.3 is 15.5 Å². The van der Waals surface area contributed by atoms with Gasteiger partial charge >= 0.3 is 6.03 Å². The zero-order valence-electron chi connectivity index (χ0n) is 9.37. The van der Waals surface area contributed by atoms with E-state index in [0.29, 0.717) is 6.54 Å². The van der Waals surface area contributed by atoms with Crippen LogP contribution in [0.3, 0.4) is 0 Å². The van der Waals surface area contributed by atoms with Crippen molar-refractivity contribution in [3.05, 3.63) is 0 Å². The summed E-state index contributed by atoms with van der Waals surface area (Å²) in [5.41, 5.74) is 0. The summed E-state index contributed by atoms with van der Waals surface area (Å²) in [4.78, 5) is 26.2. The van der Waals surface area contributed by atoms with Crippen LogP contribution in [0.15, 0.2) is 0 Å². The molecule has 2 aliphatic rings. The van der Waals surface area contributed by atoms with Crippen LogP contribution in [0.4, 0.5) is 4.79 Å². The number of hydrogen-bond donors (Lipinski definition) is 2. The average molecular weight is 226 g/mol. The lowest BCUT2D eigenvalue weighted by Gasteiger charge is -2.27. The molecule has 16 heavy (non-hydrogen) atoms. The molecule has 0 aliphatic carbocycles. The van der Waals surface area contributed by atoms with Crippen molar-refractivity contribution < 1.29 is 9.59 Å². The molecule has 0 unspecified atom stereocenters. The number of carbonyl (C=O) groups excluding carboxylic acids is 2. The second kappa shape index (κ2) is 5.27. The Balaban J connectivity index is 1.67. The van der Waals surface area contributed by atoms with Gasteiger partial charge in [0.15, 0.2) is 0 Å². The van der Waals surface area contributed by atoms with Gasteiger partial charge in [0.25, 0.3) is 0 Å². The molecule has 0 spiro atoms. The van der Waals surface area contributed by atoms with Gasteiger partial charge in [-0.15, -0.1) is 0 Å². The molecule has 2 fully saturated rings. The van der Waals surface area contributed by atoms with Crippen molar-refractivity contribution in [2.75, 3.05) is 45.8 Å². The number of carbonyl (C=O) groups is 2. The zero-order valence-corrected chi connectivity index (χ0v) is 9.37. The fourth-order valence-corrected chi connectivity index (χ4v) is 2.07. The van der Waals surface area contributed by atoms with E-state index in [1.165, 1.54) is 4.90 Å². The number of hydrogen-bond acceptors (Lipinski definition) is 4. The average Bonchev–Trinajstić information content (AvgIpc) is 2.62. The predicted octanol–water partition coefficient (Wildman–Crippen LogP) is -1.17. The molecule has 2 rings (SSSR count). The largest absolute Gasteiger partial charge is 0.329 e. The first kappa shape index (κ1) is 11.3. The SMILES string of the molecule is O=C1CNC(=O)N1CCCN1CCNCC1. The fourth-order valence-electron chi connectivity index (χ4n) is 2.07. The van der Waals surface area contributed by atoms with Crippen molar-refractivity contribution in [3.8, 4) is 0 Å². The summed E-state index contributed by atoms with van der Waals surface area (Å²) in [7, 11) is 0. The van der Waals surface area contributed by atoms with Crippen LogP contribution in [0.1, 0.15) is 6.42 Å². The molecule has 3 amide bonds. The summed E-state index contributed by atoms with van der Waals surface area (Å²) < 4.78 is 0. The van der Waals surface area contributed by atoms with Crippen LogP contribution in [0.2, 0.25) is 0 Å². The van der Waals surface area contributed by atoms with Crippen molar-refractivity contribution in [1.82, 2.24) is 20.4 Å². The van der Waals surface area contributed by atoms with Gasteiger partial charge in [-0.2, -0.15) is 0 Å². The number of piperazine rings is 1. The maximum atomic E-state index is 11.3. The monoisotopic (exact) mass is 226 g/mol. The third-order valence-electron chi connectivity index (χ3n) is 3.00. The van der Waals surface area contributed by atoms with Crippen LogP contribution in [0.5, 0.6) is 0 Å². The highest BCUT2D eigenvalue weighted by Crippen LogP contribution is 2.02. The summed E-state index contributed by atoms with van der Waals surface area (Å²) >= 11 is 0. The number of imide groups is 1. The Morgan fingerprint density at radius 1 is 1.12 bits per heavy atom. The van der Waals surface area contributed by atoms with E-state index >= 15 is 0 Å². The molecule has 2 N–H and O–H groups in total. The van der Waals surface area contributed by atoms with E-state index in [4.69, 9.17) is 0 Å². The molecule has 90 valence electrons. The standard InChI is InChI=1S/C10H18N4O2/c15-9-8-12-10(16)14(9)5-1-4-13-6-2-11-3-7-13/h11H,1-8H2,(H,12,16). The lowest BCUT2D eigenvalue weighted by molar-refractivity contribution is -0.125. The number of urea groups is 1. The van der Waals surface area contributed by atoms with E-state index in [1.807, 2.05) is 0 Å². The van der Waals surface area contributed by atoms with Gasteiger partial charge in [-0.25, -0.2) is 4.79 Å². The highest BCUT2D eigenvalue weighted by molar-refractivity contribution is 6.01. The minimum absolute atomic E-state index is 0.106. The molecule has 2 aliphatic heterocycles. The Kier molecular flexibility index (Phi) is 3.74. The van der Waals surface area contributed by atoms with E-state index in [2.05, 4.69) is 15.5 Å². The summed E-state index contributed by atoms with van der Waals surface area (Å²) in [5, 5.41) is 5.81. The summed E-state index contributed by atoms with van der Waals surface area (Å²) in [6, 6.07) is -0.245. The van der Waals surface area contributed by atoms with Gasteiger partial charge in [-0.3, -0.25) is 9.69 Å². The number of nitrogens with one attached hydrogen (secondary N) is 2. The van der Waals surface area contributed by atoms with Crippen molar-refractivity contribution in [3.63, 3.8) is 0 Å². The Morgan fingerprint density at radius 3 is 2.50 bits per heavy atom. The predicted molar refractivity (Wildman–Crippen MR) is 59.0 cm³/mol. The molecule has 0 bridgehead atoms. The Bertz CT molecular complexity index is 260. The van der Waals surface area contributed by atoms with Crippen molar-refractivity contribution >= 4 is 11.9 Å². The summed E-state index contributed by atoms with van der Waals surface area (Å²) in [6.07, 6.45) is 0.860. The van der Waals surface area contributed by atoms with Crippen molar-refractivity contribution in [2.24, 2.45) is 0 Å². The Hall–Kier alpha value is -1.14. The molecule has 0 aromatic carbocycles. The third kappa shape index (κ3) is 2.70. The molecule has 0 radical (unpaired) electrons. The van der Waals surface area contributed by atoms with E-state index in [0.717, 1.165) is 39.1 Å². The molecule has 6 nitrogen and oxygen atoms in total. The molecule has 2 saturated heterocycles. The number of nitrogens with zero attached hydrogens (tertiary/aromatic N) is 2. The molecule has 0 saturated carbocycles. The zero-order chi connectivity index (χ0) is 11.4. The first-order chi connectivity index (χ1) is 7.77. The molecular formula is C10H18N4O2. The van der Waals surface area contributed by atoms with Crippen LogP contribution in [-0.4, -0.2) is 67.6 Å². The van der Waals surface area contributed by atoms with E-state index in [-0.39, 0.29) is 18.5 Å². The van der Waals surface area contributed by atoms with Gasteiger partial charge in [0, 0.05) is 32.7 Å². The number of amides is 3. The van der Waals surface area contributed by atoms with Crippen LogP contribution in [0, 0.1) is 0 Å². The highest BCUT2D eigenvalue weighted by atomic mass is 16.2. The first-order valence-corrected chi connectivity index (χ1v) is 5.78. The van der Waals surface area contributed by atoms with E-state index < -0.39 is 0 Å². The van der Waals surface area contributed by atoms with Crippen LogP contribution < -0.4 is 10.6 Å². The lowest BCUT2D eigenvalue weighted by atomic mass is 10.3. The molecule has 0 atom stereocenters. The molecule has 0 aromatic heterocycles. The summed E-state index contributed by atoms with van der Waals surface area (Å²) in [5.74, 6) is -0.106. The molecular weight excluding hydrogens is 208 g/mol. The van der Waals surface area contributed by atoms with Gasteiger partial charge in [0.05, 0.1) is 6.54 Å². The quantitative estimate of drug-likeness (QED) is 0.593. The number of rotatable bonds is 4. The van der Waals surface area contributed by atoms with Gasteiger partial charge in [0.1, 0.15) is 0 Å². The minimum Gasteiger partial charge on any atom is -0.329 e. The Labute approximate surface area is 95.0 Å². The molecule has 0 aromatic rings. The summed E-state index contributed by atoms with van der Waals surface area (Å²) in [6.45, 7) is 5.83. The first-order valence-electron chi connectivity index (χ1n) is 5.78. The Morgan fingerprint density at radius 2 is 1.88 bits per heavy atom. The normalized spacial score (nSPS) is 22.6. The maximum Gasteiger partial charge on any atom is 0.324 e. The van der Waals surface area contributed by atoms with E-state index in [1.54, 1.807) is 0 Å². The third-order valence-corrected chi connectivity index (χ3v) is 3.00. The smallest absolute Gasteiger partial charge is 0.324 e. The molecule has 2 heterocycles. The van der Waals surface area contributed by atoms with Crippen molar-refractivity contribution in [2.45, 2.75) is 6.42 Å². The fraction of sp³-hybridized carbons (Fsp3) is 0.800. The maximum absolute atomic E-state index is 11.3. The van der Waals surface area contributed by atoms with Gasteiger partial charge in [-0.1, -0.05) is 0 Å². The topological polar surface area (TPSA) is 64.7 Å². The molecule has 6 heteroatoms. The van der Waals surface area contributed by atoms with Crippen LogP contribution in [0.25, 0.3) is 0 Å². The minimum atomic E-state index is -0.245. The van der Waals surface area contributed by atoms with E-state index in [9.17, 15) is 9.59 Å². The highest BCUT2D eigenvalue weighted by Gasteiger charge is 2.27.